The summed E-state index contributed by atoms with van der Waals surface area (Å²) in [6.07, 6.45) is -8.30. The summed E-state index contributed by atoms with van der Waals surface area (Å²) in [7, 11) is 1.08. The van der Waals surface area contributed by atoms with Gasteiger partial charge in [-0.2, -0.15) is 13.2 Å². The van der Waals surface area contributed by atoms with Crippen molar-refractivity contribution in [2.24, 2.45) is 0 Å². The first-order valence-electron chi connectivity index (χ1n) is 3.87. The third-order valence-electron chi connectivity index (χ3n) is 1.71. The minimum absolute atomic E-state index is 0.395. The first kappa shape index (κ1) is 13.0. The molecule has 0 saturated carbocycles. The van der Waals surface area contributed by atoms with E-state index >= 15 is 0 Å². The van der Waals surface area contributed by atoms with Crippen molar-refractivity contribution >= 4 is 11.6 Å². The van der Waals surface area contributed by atoms with Gasteiger partial charge in [0, 0.05) is 11.6 Å². The molecule has 8 heteroatoms. The Morgan fingerprint density at radius 1 is 1.38 bits per heavy atom. The number of alkyl halides is 5. The van der Waals surface area contributed by atoms with Crippen LogP contribution in [0.5, 0.6) is 5.88 Å². The second-order valence-electron chi connectivity index (χ2n) is 2.72. The number of rotatable bonds is 2. The van der Waals surface area contributed by atoms with Crippen LogP contribution in [0, 0.1) is 0 Å². The van der Waals surface area contributed by atoms with E-state index in [1.165, 1.54) is 0 Å². The fourth-order valence-electron chi connectivity index (χ4n) is 1.07. The van der Waals surface area contributed by atoms with Crippen molar-refractivity contribution in [1.29, 1.82) is 0 Å². The maximum atomic E-state index is 12.4. The number of pyridine rings is 1. The van der Waals surface area contributed by atoms with Gasteiger partial charge in [0.25, 0.3) is 6.43 Å². The zero-order chi connectivity index (χ0) is 12.5. The Kier molecular flexibility index (Phi) is 3.57. The average Bonchev–Trinajstić information content (AvgIpc) is 2.14. The fourth-order valence-corrected chi connectivity index (χ4v) is 1.37. The third-order valence-corrected chi connectivity index (χ3v) is 1.98. The molecule has 90 valence electrons. The van der Waals surface area contributed by atoms with Crippen molar-refractivity contribution < 1.29 is 26.7 Å². The zero-order valence-electron chi connectivity index (χ0n) is 7.78. The van der Waals surface area contributed by atoms with E-state index in [2.05, 4.69) is 9.72 Å². The van der Waals surface area contributed by atoms with Crippen molar-refractivity contribution in [2.45, 2.75) is 12.6 Å². The molecule has 1 aromatic heterocycles. The number of ether oxygens (including phenoxy) is 1. The van der Waals surface area contributed by atoms with E-state index in [1.807, 2.05) is 0 Å². The second kappa shape index (κ2) is 4.40. The normalized spacial score (nSPS) is 12.0. The molecule has 0 atom stereocenters. The Morgan fingerprint density at radius 2 is 1.94 bits per heavy atom. The van der Waals surface area contributed by atoms with Crippen LogP contribution in [-0.2, 0) is 6.18 Å². The van der Waals surface area contributed by atoms with E-state index in [0.29, 0.717) is 6.07 Å². The van der Waals surface area contributed by atoms with Crippen LogP contribution in [0.25, 0.3) is 0 Å². The Labute approximate surface area is 92.0 Å². The molecule has 0 bridgehead atoms. The highest BCUT2D eigenvalue weighted by molar-refractivity contribution is 6.30. The smallest absolute Gasteiger partial charge is 0.419 e. The van der Waals surface area contributed by atoms with Crippen molar-refractivity contribution in [1.82, 2.24) is 4.98 Å². The van der Waals surface area contributed by atoms with Gasteiger partial charge >= 0.3 is 6.18 Å². The molecule has 0 fully saturated rings. The summed E-state index contributed by atoms with van der Waals surface area (Å²) in [6.45, 7) is 0. The minimum atomic E-state index is -4.98. The van der Waals surface area contributed by atoms with Crippen molar-refractivity contribution in [3.05, 3.63) is 22.3 Å². The molecule has 0 aliphatic heterocycles. The highest BCUT2D eigenvalue weighted by Crippen LogP contribution is 2.41. The monoisotopic (exact) mass is 261 g/mol. The van der Waals surface area contributed by atoms with E-state index in [-0.39, 0.29) is 0 Å². The lowest BCUT2D eigenvalue weighted by Crippen LogP contribution is -2.12. The lowest BCUT2D eigenvalue weighted by Gasteiger charge is -2.14. The molecule has 0 N–H and O–H groups in total. The van der Waals surface area contributed by atoms with E-state index in [1.54, 1.807) is 0 Å². The molecule has 16 heavy (non-hydrogen) atoms. The summed E-state index contributed by atoms with van der Waals surface area (Å²) in [6, 6.07) is 0.513. The lowest BCUT2D eigenvalue weighted by molar-refractivity contribution is -0.139. The second-order valence-corrected chi connectivity index (χ2v) is 3.08. The largest absolute Gasteiger partial charge is 0.481 e. The fraction of sp³-hybridized carbons (Fsp3) is 0.375. The van der Waals surface area contributed by atoms with Crippen LogP contribution in [0.3, 0.4) is 0 Å². The lowest BCUT2D eigenvalue weighted by atomic mass is 10.1. The maximum absolute atomic E-state index is 12.4. The van der Waals surface area contributed by atoms with Gasteiger partial charge in [0.15, 0.2) is 0 Å². The van der Waals surface area contributed by atoms with E-state index < -0.39 is 34.8 Å². The van der Waals surface area contributed by atoms with Crippen LogP contribution in [0.4, 0.5) is 22.0 Å². The van der Waals surface area contributed by atoms with Crippen molar-refractivity contribution in [3.63, 3.8) is 0 Å². The van der Waals surface area contributed by atoms with Crippen molar-refractivity contribution in [3.8, 4) is 5.88 Å². The number of methoxy groups -OCH3 is 1. The summed E-state index contributed by atoms with van der Waals surface area (Å²) in [5.41, 5.74) is -2.88. The van der Waals surface area contributed by atoms with Gasteiger partial charge in [-0.25, -0.2) is 13.8 Å². The Hall–Kier alpha value is -1.11. The molecule has 1 rings (SSSR count). The Balaban J connectivity index is 3.46. The van der Waals surface area contributed by atoms with Gasteiger partial charge in [-0.1, -0.05) is 11.6 Å². The van der Waals surface area contributed by atoms with Gasteiger partial charge < -0.3 is 4.74 Å². The maximum Gasteiger partial charge on any atom is 0.419 e. The number of nitrogens with zero attached hydrogens (tertiary/aromatic N) is 1. The SMILES string of the molecule is COc1cc(C(F)F)c(C(F)(F)F)c(Cl)n1. The predicted octanol–water partition coefficient (Wildman–Crippen LogP) is 3.70. The summed E-state index contributed by atoms with van der Waals surface area (Å²) >= 11 is 5.20. The Bertz CT molecular complexity index is 393. The van der Waals surface area contributed by atoms with Crippen LogP contribution in [0.2, 0.25) is 5.15 Å². The summed E-state index contributed by atoms with van der Waals surface area (Å²) in [5, 5.41) is -1.05. The molecule has 0 amide bonds. The van der Waals surface area contributed by atoms with Gasteiger partial charge in [-0.15, -0.1) is 0 Å². The standard InChI is InChI=1S/C8H5ClF5NO/c1-16-4-2-3(7(10)11)5(6(9)15-4)8(12,13)14/h2,7H,1H3. The zero-order valence-corrected chi connectivity index (χ0v) is 8.53. The molecule has 2 nitrogen and oxygen atoms in total. The summed E-state index contributed by atoms with van der Waals surface area (Å²) < 4.78 is 66.5. The van der Waals surface area contributed by atoms with Crippen LogP contribution in [0.15, 0.2) is 6.07 Å². The molecule has 0 aliphatic carbocycles. The molecule has 0 saturated heterocycles. The van der Waals surface area contributed by atoms with E-state index in [9.17, 15) is 22.0 Å². The quantitative estimate of drug-likeness (QED) is 0.598. The molecule has 0 unspecified atom stereocenters. The van der Waals surface area contributed by atoms with E-state index in [4.69, 9.17) is 11.6 Å². The van der Waals surface area contributed by atoms with Crippen LogP contribution in [-0.4, -0.2) is 12.1 Å². The molecule has 1 heterocycles. The van der Waals surface area contributed by atoms with Gasteiger partial charge in [0.05, 0.1) is 7.11 Å². The molecule has 0 radical (unpaired) electrons. The summed E-state index contributed by atoms with van der Waals surface area (Å²) in [4.78, 5) is 3.19. The van der Waals surface area contributed by atoms with Gasteiger partial charge in [0.2, 0.25) is 5.88 Å². The highest BCUT2D eigenvalue weighted by atomic mass is 35.5. The first-order valence-corrected chi connectivity index (χ1v) is 4.25. The van der Waals surface area contributed by atoms with Crippen LogP contribution >= 0.6 is 11.6 Å². The molecule has 0 aliphatic rings. The topological polar surface area (TPSA) is 22.1 Å². The average molecular weight is 262 g/mol. The molecule has 0 spiro atoms. The van der Waals surface area contributed by atoms with Crippen LogP contribution in [0.1, 0.15) is 17.6 Å². The number of hydrogen-bond donors (Lipinski definition) is 0. The van der Waals surface area contributed by atoms with Gasteiger partial charge in [-0.05, 0) is 0 Å². The highest BCUT2D eigenvalue weighted by Gasteiger charge is 2.39. The van der Waals surface area contributed by atoms with Gasteiger partial charge in [0.1, 0.15) is 10.7 Å². The summed E-state index contributed by atoms with van der Waals surface area (Å²) in [5.74, 6) is -0.395. The number of aromatic nitrogens is 1. The van der Waals surface area contributed by atoms with E-state index in [0.717, 1.165) is 7.11 Å². The minimum Gasteiger partial charge on any atom is -0.481 e. The Morgan fingerprint density at radius 3 is 2.31 bits per heavy atom. The van der Waals surface area contributed by atoms with Gasteiger partial charge in [-0.3, -0.25) is 0 Å². The first-order chi connectivity index (χ1) is 7.27. The third kappa shape index (κ3) is 2.52. The molecular weight excluding hydrogens is 257 g/mol. The number of hydrogen-bond acceptors (Lipinski definition) is 2. The number of halogens is 6. The molecule has 0 aromatic carbocycles. The van der Waals surface area contributed by atoms with Crippen LogP contribution < -0.4 is 4.74 Å². The molecular formula is C8H5ClF5NO. The molecule has 1 aromatic rings. The van der Waals surface area contributed by atoms with Crippen molar-refractivity contribution in [2.75, 3.05) is 7.11 Å². The predicted molar refractivity (Wildman–Crippen MR) is 45.8 cm³/mol.